The SMILES string of the molecule is CN/C(=C\C=N)c1cc(N2CCOC[C@H]2C)nc2c(-c3ccnn3[C@H]3CCCCO3)nccc12. The van der Waals surface area contributed by atoms with Crippen LogP contribution in [0.3, 0.4) is 0 Å². The third-order valence-electron chi connectivity index (χ3n) is 6.53. The third-order valence-corrected chi connectivity index (χ3v) is 6.53. The van der Waals surface area contributed by atoms with Gasteiger partial charge in [0.2, 0.25) is 0 Å². The van der Waals surface area contributed by atoms with Gasteiger partial charge in [-0.15, -0.1) is 0 Å². The minimum Gasteiger partial charge on any atom is -0.388 e. The van der Waals surface area contributed by atoms with Crippen LogP contribution in [-0.4, -0.2) is 65.4 Å². The van der Waals surface area contributed by atoms with Gasteiger partial charge in [0.25, 0.3) is 0 Å². The van der Waals surface area contributed by atoms with E-state index >= 15 is 0 Å². The molecule has 3 aromatic heterocycles. The topological polar surface area (TPSA) is 101 Å². The van der Waals surface area contributed by atoms with Crippen LogP contribution < -0.4 is 10.2 Å². The number of aromatic nitrogens is 4. The largest absolute Gasteiger partial charge is 0.388 e. The lowest BCUT2D eigenvalue weighted by Gasteiger charge is -2.34. The van der Waals surface area contributed by atoms with E-state index in [1.54, 1.807) is 12.3 Å². The molecule has 9 nitrogen and oxygen atoms in total. The molecule has 0 amide bonds. The number of pyridine rings is 2. The lowest BCUT2D eigenvalue weighted by atomic mass is 10.0. The molecule has 0 aromatic carbocycles. The molecule has 2 aliphatic rings. The van der Waals surface area contributed by atoms with Crippen molar-refractivity contribution >= 4 is 28.6 Å². The van der Waals surface area contributed by atoms with Gasteiger partial charge in [0.15, 0.2) is 6.23 Å². The van der Waals surface area contributed by atoms with Gasteiger partial charge in [0.05, 0.1) is 24.9 Å². The smallest absolute Gasteiger partial charge is 0.150 e. The fourth-order valence-corrected chi connectivity index (χ4v) is 4.80. The molecule has 2 saturated heterocycles. The van der Waals surface area contributed by atoms with Crippen LogP contribution in [0.2, 0.25) is 0 Å². The predicted molar refractivity (Wildman–Crippen MR) is 133 cm³/mol. The second kappa shape index (κ2) is 9.90. The summed E-state index contributed by atoms with van der Waals surface area (Å²) in [5.41, 5.74) is 4.31. The average Bonchev–Trinajstić information content (AvgIpc) is 3.37. The second-order valence-corrected chi connectivity index (χ2v) is 8.68. The molecule has 2 aliphatic heterocycles. The zero-order chi connectivity index (χ0) is 23.5. The molecule has 0 bridgehead atoms. The van der Waals surface area contributed by atoms with Crippen molar-refractivity contribution in [1.29, 1.82) is 5.41 Å². The number of anilines is 1. The molecule has 0 saturated carbocycles. The van der Waals surface area contributed by atoms with Crippen molar-refractivity contribution in [3.05, 3.63) is 42.2 Å². The van der Waals surface area contributed by atoms with Crippen molar-refractivity contribution in [3.8, 4) is 11.4 Å². The number of fused-ring (bicyclic) bond motifs is 1. The summed E-state index contributed by atoms with van der Waals surface area (Å²) < 4.78 is 13.6. The molecule has 0 unspecified atom stereocenters. The lowest BCUT2D eigenvalue weighted by molar-refractivity contribution is -0.0383. The first kappa shape index (κ1) is 22.5. The van der Waals surface area contributed by atoms with E-state index in [0.29, 0.717) is 13.2 Å². The lowest BCUT2D eigenvalue weighted by Crippen LogP contribution is -2.44. The molecule has 5 heterocycles. The van der Waals surface area contributed by atoms with Gasteiger partial charge in [-0.3, -0.25) is 4.98 Å². The molecular weight excluding hydrogens is 430 g/mol. The van der Waals surface area contributed by atoms with Crippen LogP contribution in [0.4, 0.5) is 5.82 Å². The molecular formula is C25H31N7O2. The number of hydrogen-bond donors (Lipinski definition) is 2. The van der Waals surface area contributed by atoms with Crippen LogP contribution in [0, 0.1) is 5.41 Å². The van der Waals surface area contributed by atoms with Gasteiger partial charge in [-0.2, -0.15) is 5.10 Å². The Morgan fingerprint density at radius 3 is 2.91 bits per heavy atom. The fraction of sp³-hybridized carbons (Fsp3) is 0.440. The third kappa shape index (κ3) is 4.17. The maximum atomic E-state index is 7.65. The summed E-state index contributed by atoms with van der Waals surface area (Å²) in [5, 5.41) is 16.5. The van der Waals surface area contributed by atoms with E-state index in [0.717, 1.165) is 71.8 Å². The number of ether oxygens (including phenoxy) is 2. The molecule has 0 aliphatic carbocycles. The van der Waals surface area contributed by atoms with E-state index in [9.17, 15) is 0 Å². The summed E-state index contributed by atoms with van der Waals surface area (Å²) in [6, 6.07) is 6.28. The van der Waals surface area contributed by atoms with Crippen LogP contribution in [0.25, 0.3) is 28.0 Å². The molecule has 5 rings (SSSR count). The molecule has 9 heteroatoms. The second-order valence-electron chi connectivity index (χ2n) is 8.68. The van der Waals surface area contributed by atoms with E-state index in [1.807, 2.05) is 30.1 Å². The molecule has 2 fully saturated rings. The van der Waals surface area contributed by atoms with Crippen LogP contribution in [0.15, 0.2) is 36.7 Å². The van der Waals surface area contributed by atoms with Crippen LogP contribution in [-0.2, 0) is 9.47 Å². The summed E-state index contributed by atoms with van der Waals surface area (Å²) in [5.74, 6) is 0.874. The predicted octanol–water partition coefficient (Wildman–Crippen LogP) is 3.63. The Kier molecular flexibility index (Phi) is 6.55. The van der Waals surface area contributed by atoms with Crippen LogP contribution in [0.5, 0.6) is 0 Å². The monoisotopic (exact) mass is 461 g/mol. The minimum absolute atomic E-state index is 0.0941. The zero-order valence-electron chi connectivity index (χ0n) is 19.7. The first-order valence-corrected chi connectivity index (χ1v) is 11.9. The Balaban J connectivity index is 1.72. The Morgan fingerprint density at radius 2 is 2.15 bits per heavy atom. The van der Waals surface area contributed by atoms with Gasteiger partial charge in [0.1, 0.15) is 17.0 Å². The van der Waals surface area contributed by atoms with Gasteiger partial charge >= 0.3 is 0 Å². The van der Waals surface area contributed by atoms with Crippen molar-refractivity contribution in [1.82, 2.24) is 25.1 Å². The van der Waals surface area contributed by atoms with Gasteiger partial charge < -0.3 is 25.1 Å². The molecule has 2 atom stereocenters. The van der Waals surface area contributed by atoms with Gasteiger partial charge in [-0.25, -0.2) is 9.67 Å². The normalized spacial score (nSPS) is 21.6. The van der Waals surface area contributed by atoms with Crippen molar-refractivity contribution in [2.75, 3.05) is 38.3 Å². The number of nitrogens with zero attached hydrogens (tertiary/aromatic N) is 5. The highest BCUT2D eigenvalue weighted by Crippen LogP contribution is 2.35. The number of allylic oxidation sites excluding steroid dienone is 1. The summed E-state index contributed by atoms with van der Waals surface area (Å²) >= 11 is 0. The molecule has 3 aromatic rings. The maximum Gasteiger partial charge on any atom is 0.150 e. The first-order valence-electron chi connectivity index (χ1n) is 11.9. The molecule has 178 valence electrons. The quantitative estimate of drug-likeness (QED) is 0.541. The molecule has 34 heavy (non-hydrogen) atoms. The minimum atomic E-state index is -0.0941. The Morgan fingerprint density at radius 1 is 1.24 bits per heavy atom. The number of hydrogen-bond acceptors (Lipinski definition) is 8. The van der Waals surface area contributed by atoms with E-state index in [1.165, 1.54) is 6.21 Å². The Bertz CT molecular complexity index is 1200. The van der Waals surface area contributed by atoms with Crippen molar-refractivity contribution in [2.24, 2.45) is 0 Å². The Labute approximate surface area is 199 Å². The summed E-state index contributed by atoms with van der Waals surface area (Å²) in [7, 11) is 1.87. The van der Waals surface area contributed by atoms with E-state index in [-0.39, 0.29) is 12.3 Å². The first-order chi connectivity index (χ1) is 16.7. The molecule has 2 N–H and O–H groups in total. The van der Waals surface area contributed by atoms with Gasteiger partial charge in [0, 0.05) is 55.5 Å². The summed E-state index contributed by atoms with van der Waals surface area (Å²) in [6.07, 6.45) is 9.72. The highest BCUT2D eigenvalue weighted by atomic mass is 16.5. The Hall–Kier alpha value is -3.30. The van der Waals surface area contributed by atoms with E-state index < -0.39 is 0 Å². The van der Waals surface area contributed by atoms with Gasteiger partial charge in [-0.05, 0) is 50.5 Å². The highest BCUT2D eigenvalue weighted by Gasteiger charge is 2.25. The van der Waals surface area contributed by atoms with Crippen molar-refractivity contribution in [2.45, 2.75) is 38.5 Å². The summed E-state index contributed by atoms with van der Waals surface area (Å²) in [6.45, 7) is 4.99. The highest BCUT2D eigenvalue weighted by molar-refractivity contribution is 6.00. The number of nitrogens with one attached hydrogen (secondary N) is 2. The number of morpholine rings is 1. The maximum absolute atomic E-state index is 7.65. The van der Waals surface area contributed by atoms with E-state index in [4.69, 9.17) is 24.9 Å². The average molecular weight is 462 g/mol. The zero-order valence-corrected chi connectivity index (χ0v) is 19.7. The van der Waals surface area contributed by atoms with Crippen molar-refractivity contribution < 1.29 is 9.47 Å². The summed E-state index contributed by atoms with van der Waals surface area (Å²) in [4.78, 5) is 12.2. The van der Waals surface area contributed by atoms with E-state index in [2.05, 4.69) is 28.3 Å². The van der Waals surface area contributed by atoms with Crippen molar-refractivity contribution in [3.63, 3.8) is 0 Å². The molecule has 0 radical (unpaired) electrons. The van der Waals surface area contributed by atoms with Crippen LogP contribution in [0.1, 0.15) is 38.0 Å². The van der Waals surface area contributed by atoms with Gasteiger partial charge in [-0.1, -0.05) is 0 Å². The van der Waals surface area contributed by atoms with Crippen LogP contribution >= 0.6 is 0 Å². The number of rotatable bonds is 6. The molecule has 0 spiro atoms. The fourth-order valence-electron chi connectivity index (χ4n) is 4.80. The standard InChI is InChI=1S/C25H31N7O2/c1-17-16-33-14-12-31(17)22-15-19(20(27-2)6-9-26)18-7-10-28-25(24(18)30-22)21-8-11-29-32(21)23-5-3-4-13-34-23/h6-11,15,17,23,26-27H,3-5,12-14,16H2,1-2H3/b20-6-,26-9?/t17-,23-/m1/s1.